The number of nitrogens with zero attached hydrogens (tertiary/aromatic N) is 1. The standard InChI is InChI=1S/C15H29NO2/c1-6-7-8-10-13(17)18-16-14(2,3)11-9-12-15(16,4)5/h6-12H2,1-5H3. The molecule has 0 amide bonds. The van der Waals surface area contributed by atoms with Crippen LogP contribution in [0.5, 0.6) is 0 Å². The average Bonchev–Trinajstić information content (AvgIpc) is 2.23. The van der Waals surface area contributed by atoms with Gasteiger partial charge in [-0.2, -0.15) is 0 Å². The minimum atomic E-state index is -0.0773. The largest absolute Gasteiger partial charge is 0.367 e. The molecule has 0 aromatic rings. The molecule has 0 radical (unpaired) electrons. The highest BCUT2D eigenvalue weighted by Crippen LogP contribution is 2.38. The van der Waals surface area contributed by atoms with E-state index in [9.17, 15) is 4.79 Å². The Morgan fingerprint density at radius 2 is 1.67 bits per heavy atom. The van der Waals surface area contributed by atoms with E-state index in [1.807, 2.05) is 5.06 Å². The SMILES string of the molecule is CCCCCC(=O)ON1C(C)(C)CCCC1(C)C. The number of unbranched alkanes of at least 4 members (excludes halogenated alkanes) is 2. The summed E-state index contributed by atoms with van der Waals surface area (Å²) in [5, 5.41) is 1.94. The maximum absolute atomic E-state index is 11.9. The minimum absolute atomic E-state index is 0.0534. The first-order valence-corrected chi connectivity index (χ1v) is 7.31. The second-order valence-electron chi connectivity index (χ2n) is 6.69. The van der Waals surface area contributed by atoms with Crippen molar-refractivity contribution < 1.29 is 9.63 Å². The molecule has 1 rings (SSSR count). The number of carbonyl (C=O) groups is 1. The third-order valence-corrected chi connectivity index (χ3v) is 3.85. The third kappa shape index (κ3) is 3.98. The summed E-state index contributed by atoms with van der Waals surface area (Å²) in [6.07, 6.45) is 7.07. The van der Waals surface area contributed by atoms with Crippen molar-refractivity contribution >= 4 is 5.97 Å². The van der Waals surface area contributed by atoms with Crippen LogP contribution in [-0.4, -0.2) is 22.1 Å². The molecular weight excluding hydrogens is 226 g/mol. The van der Waals surface area contributed by atoms with Crippen LogP contribution in [0.4, 0.5) is 0 Å². The van der Waals surface area contributed by atoms with Crippen LogP contribution in [0.1, 0.15) is 79.6 Å². The third-order valence-electron chi connectivity index (χ3n) is 3.85. The summed E-state index contributed by atoms with van der Waals surface area (Å²) in [6.45, 7) is 10.8. The summed E-state index contributed by atoms with van der Waals surface area (Å²) in [5.74, 6) is -0.0773. The summed E-state index contributed by atoms with van der Waals surface area (Å²) in [4.78, 5) is 17.6. The van der Waals surface area contributed by atoms with E-state index in [2.05, 4.69) is 34.6 Å². The van der Waals surface area contributed by atoms with Crippen LogP contribution in [0, 0.1) is 0 Å². The molecule has 0 aliphatic carbocycles. The van der Waals surface area contributed by atoms with Crippen LogP contribution in [-0.2, 0) is 9.63 Å². The van der Waals surface area contributed by atoms with Gasteiger partial charge in [0.15, 0.2) is 0 Å². The number of hydrogen-bond acceptors (Lipinski definition) is 3. The van der Waals surface area contributed by atoms with Crippen molar-refractivity contribution in [2.75, 3.05) is 0 Å². The van der Waals surface area contributed by atoms with E-state index in [1.165, 1.54) is 6.42 Å². The number of hydrogen-bond donors (Lipinski definition) is 0. The lowest BCUT2D eigenvalue weighted by Crippen LogP contribution is -2.58. The Balaban J connectivity index is 2.58. The first kappa shape index (κ1) is 15.5. The van der Waals surface area contributed by atoms with Crippen LogP contribution in [0.2, 0.25) is 0 Å². The number of piperidine rings is 1. The van der Waals surface area contributed by atoms with Gasteiger partial charge < -0.3 is 4.84 Å². The van der Waals surface area contributed by atoms with Crippen molar-refractivity contribution in [3.05, 3.63) is 0 Å². The fourth-order valence-corrected chi connectivity index (χ4v) is 2.89. The Labute approximate surface area is 112 Å². The molecular formula is C15H29NO2. The van der Waals surface area contributed by atoms with E-state index in [4.69, 9.17) is 4.84 Å². The Bertz CT molecular complexity index is 268. The highest BCUT2D eigenvalue weighted by molar-refractivity contribution is 5.69. The quantitative estimate of drug-likeness (QED) is 0.694. The highest BCUT2D eigenvalue weighted by Gasteiger charge is 2.44. The summed E-state index contributed by atoms with van der Waals surface area (Å²) < 4.78 is 0. The van der Waals surface area contributed by atoms with E-state index >= 15 is 0 Å². The molecule has 0 aromatic heterocycles. The van der Waals surface area contributed by atoms with Crippen molar-refractivity contribution in [1.29, 1.82) is 0 Å². The minimum Gasteiger partial charge on any atom is -0.367 e. The second kappa shape index (κ2) is 6.05. The van der Waals surface area contributed by atoms with E-state index in [0.717, 1.165) is 32.1 Å². The summed E-state index contributed by atoms with van der Waals surface area (Å²) in [5.41, 5.74) is -0.107. The van der Waals surface area contributed by atoms with Crippen molar-refractivity contribution in [2.24, 2.45) is 0 Å². The van der Waals surface area contributed by atoms with E-state index in [1.54, 1.807) is 0 Å². The van der Waals surface area contributed by atoms with Crippen LogP contribution in [0.3, 0.4) is 0 Å². The zero-order valence-electron chi connectivity index (χ0n) is 12.7. The predicted octanol–water partition coefficient (Wildman–Crippen LogP) is 4.07. The topological polar surface area (TPSA) is 29.5 Å². The Kier molecular flexibility index (Phi) is 5.20. The Hall–Kier alpha value is -0.570. The van der Waals surface area contributed by atoms with Gasteiger partial charge in [-0.25, -0.2) is 0 Å². The first-order chi connectivity index (χ1) is 8.29. The lowest BCUT2D eigenvalue weighted by Gasteiger charge is -2.50. The zero-order valence-corrected chi connectivity index (χ0v) is 12.7. The molecule has 106 valence electrons. The lowest BCUT2D eigenvalue weighted by molar-refractivity contribution is -0.265. The molecule has 1 fully saturated rings. The maximum atomic E-state index is 11.9. The predicted molar refractivity (Wildman–Crippen MR) is 74.1 cm³/mol. The molecule has 1 saturated heterocycles. The molecule has 0 atom stereocenters. The van der Waals surface area contributed by atoms with E-state index < -0.39 is 0 Å². The van der Waals surface area contributed by atoms with Crippen LogP contribution >= 0.6 is 0 Å². The summed E-state index contributed by atoms with van der Waals surface area (Å²) in [6, 6.07) is 0. The second-order valence-corrected chi connectivity index (χ2v) is 6.69. The molecule has 0 bridgehead atoms. The molecule has 0 saturated carbocycles. The van der Waals surface area contributed by atoms with Gasteiger partial charge in [0, 0.05) is 6.42 Å². The average molecular weight is 255 g/mol. The van der Waals surface area contributed by atoms with Gasteiger partial charge in [-0.1, -0.05) is 19.8 Å². The molecule has 1 heterocycles. The van der Waals surface area contributed by atoms with Gasteiger partial charge in [0.25, 0.3) is 0 Å². The molecule has 3 nitrogen and oxygen atoms in total. The van der Waals surface area contributed by atoms with Crippen molar-refractivity contribution in [3.8, 4) is 0 Å². The van der Waals surface area contributed by atoms with E-state index in [-0.39, 0.29) is 17.0 Å². The molecule has 0 unspecified atom stereocenters. The molecule has 0 spiro atoms. The molecule has 0 N–H and O–H groups in total. The Morgan fingerprint density at radius 3 is 2.17 bits per heavy atom. The number of rotatable bonds is 5. The van der Waals surface area contributed by atoms with Gasteiger partial charge in [-0.15, -0.1) is 5.06 Å². The fourth-order valence-electron chi connectivity index (χ4n) is 2.89. The van der Waals surface area contributed by atoms with Crippen LogP contribution in [0.15, 0.2) is 0 Å². The normalized spacial score (nSPS) is 22.7. The molecule has 0 aromatic carbocycles. The van der Waals surface area contributed by atoms with Gasteiger partial charge in [-0.3, -0.25) is 4.79 Å². The number of carbonyl (C=O) groups excluding carboxylic acids is 1. The number of hydroxylamine groups is 2. The molecule has 3 heteroatoms. The van der Waals surface area contributed by atoms with Gasteiger partial charge in [-0.05, 0) is 53.4 Å². The highest BCUT2D eigenvalue weighted by atomic mass is 16.7. The smallest absolute Gasteiger partial charge is 0.325 e. The van der Waals surface area contributed by atoms with Gasteiger partial charge in [0.2, 0.25) is 0 Å². The molecule has 1 aliphatic heterocycles. The fraction of sp³-hybridized carbons (Fsp3) is 0.933. The van der Waals surface area contributed by atoms with Crippen molar-refractivity contribution in [2.45, 2.75) is 90.6 Å². The zero-order chi connectivity index (χ0) is 13.8. The lowest BCUT2D eigenvalue weighted by atomic mass is 9.82. The van der Waals surface area contributed by atoms with Gasteiger partial charge >= 0.3 is 5.97 Å². The van der Waals surface area contributed by atoms with Crippen molar-refractivity contribution in [3.63, 3.8) is 0 Å². The molecule has 18 heavy (non-hydrogen) atoms. The summed E-state index contributed by atoms with van der Waals surface area (Å²) in [7, 11) is 0. The maximum Gasteiger partial charge on any atom is 0.325 e. The molecule has 1 aliphatic rings. The summed E-state index contributed by atoms with van der Waals surface area (Å²) >= 11 is 0. The van der Waals surface area contributed by atoms with Crippen LogP contribution < -0.4 is 0 Å². The van der Waals surface area contributed by atoms with Gasteiger partial charge in [0.1, 0.15) is 0 Å². The van der Waals surface area contributed by atoms with Crippen molar-refractivity contribution in [1.82, 2.24) is 5.06 Å². The monoisotopic (exact) mass is 255 g/mol. The van der Waals surface area contributed by atoms with Gasteiger partial charge in [0.05, 0.1) is 11.1 Å². The Morgan fingerprint density at radius 1 is 1.11 bits per heavy atom. The van der Waals surface area contributed by atoms with Crippen LogP contribution in [0.25, 0.3) is 0 Å². The first-order valence-electron chi connectivity index (χ1n) is 7.31. The van der Waals surface area contributed by atoms with E-state index in [0.29, 0.717) is 6.42 Å².